The summed E-state index contributed by atoms with van der Waals surface area (Å²) in [6, 6.07) is 11.0. The van der Waals surface area contributed by atoms with Crippen LogP contribution < -0.4 is 5.32 Å². The van der Waals surface area contributed by atoms with Crippen LogP contribution in [0.1, 0.15) is 43.9 Å². The van der Waals surface area contributed by atoms with Crippen molar-refractivity contribution >= 4 is 0 Å². The van der Waals surface area contributed by atoms with Gasteiger partial charge in [-0.3, -0.25) is 0 Å². The lowest BCUT2D eigenvalue weighted by Crippen LogP contribution is -2.30. The normalized spacial score (nSPS) is 18.8. The molecule has 0 bridgehead atoms. The number of nitrogens with one attached hydrogen (secondary N) is 1. The lowest BCUT2D eigenvalue weighted by molar-refractivity contribution is 0.441. The molecule has 0 aromatic heterocycles. The van der Waals surface area contributed by atoms with E-state index in [2.05, 4.69) is 25.2 Å². The van der Waals surface area contributed by atoms with Crippen LogP contribution in [-0.2, 0) is 0 Å². The fourth-order valence-corrected chi connectivity index (χ4v) is 2.07. The molecular formula is C14H18N2. The van der Waals surface area contributed by atoms with E-state index in [-0.39, 0.29) is 0 Å². The summed E-state index contributed by atoms with van der Waals surface area (Å²) in [5.41, 5.74) is 1.98. The van der Waals surface area contributed by atoms with Crippen molar-refractivity contribution in [2.24, 2.45) is 5.92 Å². The lowest BCUT2D eigenvalue weighted by atomic mass is 10.0. The maximum atomic E-state index is 8.73. The molecule has 1 aliphatic rings. The van der Waals surface area contributed by atoms with Gasteiger partial charge in [0.05, 0.1) is 11.6 Å². The van der Waals surface area contributed by atoms with Gasteiger partial charge in [-0.2, -0.15) is 5.26 Å². The first-order valence-electron chi connectivity index (χ1n) is 5.97. The Balaban J connectivity index is 1.97. The maximum Gasteiger partial charge on any atom is 0.0991 e. The first-order chi connectivity index (χ1) is 7.70. The zero-order chi connectivity index (χ0) is 11.5. The predicted molar refractivity (Wildman–Crippen MR) is 64.9 cm³/mol. The van der Waals surface area contributed by atoms with Crippen molar-refractivity contribution in [1.29, 1.82) is 5.26 Å². The Morgan fingerprint density at radius 3 is 2.38 bits per heavy atom. The highest BCUT2D eigenvalue weighted by molar-refractivity contribution is 5.32. The number of benzene rings is 1. The molecule has 2 heteroatoms. The molecule has 2 rings (SSSR count). The zero-order valence-corrected chi connectivity index (χ0v) is 9.90. The summed E-state index contributed by atoms with van der Waals surface area (Å²) in [6.07, 6.45) is 2.74. The van der Waals surface area contributed by atoms with Crippen LogP contribution in [0.15, 0.2) is 24.3 Å². The van der Waals surface area contributed by atoms with Crippen LogP contribution in [0.2, 0.25) is 0 Å². The van der Waals surface area contributed by atoms with Crippen molar-refractivity contribution in [3.63, 3.8) is 0 Å². The van der Waals surface area contributed by atoms with E-state index in [4.69, 9.17) is 5.26 Å². The molecule has 0 saturated heterocycles. The van der Waals surface area contributed by atoms with Gasteiger partial charge in [-0.1, -0.05) is 12.1 Å². The molecule has 0 radical (unpaired) electrons. The predicted octanol–water partition coefficient (Wildman–Crippen LogP) is 3.01. The molecule has 0 aliphatic heterocycles. The molecule has 1 aromatic carbocycles. The molecule has 1 N–H and O–H groups in total. The fraction of sp³-hybridized carbons (Fsp3) is 0.500. The van der Waals surface area contributed by atoms with E-state index in [1.807, 2.05) is 24.3 Å². The average molecular weight is 214 g/mol. The van der Waals surface area contributed by atoms with E-state index in [1.54, 1.807) is 0 Å². The van der Waals surface area contributed by atoms with Gasteiger partial charge in [-0.05, 0) is 50.3 Å². The highest BCUT2D eigenvalue weighted by Crippen LogP contribution is 2.33. The number of nitrogens with zero attached hydrogens (tertiary/aromatic N) is 1. The van der Waals surface area contributed by atoms with Crippen molar-refractivity contribution in [1.82, 2.24) is 5.32 Å². The van der Waals surface area contributed by atoms with E-state index < -0.39 is 0 Å². The Bertz CT molecular complexity index is 384. The lowest BCUT2D eigenvalue weighted by Gasteiger charge is -2.20. The molecule has 1 aliphatic carbocycles. The number of hydrogen-bond donors (Lipinski definition) is 1. The summed E-state index contributed by atoms with van der Waals surface area (Å²) in [4.78, 5) is 0. The van der Waals surface area contributed by atoms with Crippen LogP contribution in [0.3, 0.4) is 0 Å². The number of rotatable bonds is 4. The third-order valence-electron chi connectivity index (χ3n) is 3.38. The molecule has 1 aromatic rings. The van der Waals surface area contributed by atoms with Gasteiger partial charge in [-0.15, -0.1) is 0 Å². The summed E-state index contributed by atoms with van der Waals surface area (Å²) in [5, 5.41) is 12.3. The molecule has 2 unspecified atom stereocenters. The smallest absolute Gasteiger partial charge is 0.0991 e. The first-order valence-corrected chi connectivity index (χ1v) is 5.97. The van der Waals surface area contributed by atoms with Crippen molar-refractivity contribution in [2.45, 2.75) is 38.8 Å². The molecule has 0 spiro atoms. The molecule has 16 heavy (non-hydrogen) atoms. The third-order valence-corrected chi connectivity index (χ3v) is 3.38. The molecule has 0 amide bonds. The van der Waals surface area contributed by atoms with Crippen molar-refractivity contribution in [3.05, 3.63) is 35.4 Å². The Kier molecular flexibility index (Phi) is 3.26. The fourth-order valence-electron chi connectivity index (χ4n) is 2.07. The van der Waals surface area contributed by atoms with Crippen LogP contribution in [0.5, 0.6) is 0 Å². The SMILES string of the molecule is CC(NC(C)C1CC1)c1ccc(C#N)cc1. The summed E-state index contributed by atoms with van der Waals surface area (Å²) in [7, 11) is 0. The largest absolute Gasteiger partial charge is 0.307 e. The molecule has 2 nitrogen and oxygen atoms in total. The van der Waals surface area contributed by atoms with E-state index in [1.165, 1.54) is 18.4 Å². The van der Waals surface area contributed by atoms with Crippen molar-refractivity contribution < 1.29 is 0 Å². The minimum absolute atomic E-state index is 0.364. The van der Waals surface area contributed by atoms with Crippen LogP contribution in [-0.4, -0.2) is 6.04 Å². The molecule has 84 valence electrons. The minimum atomic E-state index is 0.364. The Morgan fingerprint density at radius 1 is 1.25 bits per heavy atom. The van der Waals surface area contributed by atoms with E-state index in [0.717, 1.165) is 11.5 Å². The molecule has 1 fully saturated rings. The third kappa shape index (κ3) is 2.62. The average Bonchev–Trinajstić information content (AvgIpc) is 3.13. The van der Waals surface area contributed by atoms with Crippen LogP contribution >= 0.6 is 0 Å². The van der Waals surface area contributed by atoms with E-state index in [9.17, 15) is 0 Å². The van der Waals surface area contributed by atoms with Crippen LogP contribution in [0, 0.1) is 17.2 Å². The molecular weight excluding hydrogens is 196 g/mol. The van der Waals surface area contributed by atoms with Crippen LogP contribution in [0.25, 0.3) is 0 Å². The van der Waals surface area contributed by atoms with Gasteiger partial charge in [0, 0.05) is 12.1 Å². The van der Waals surface area contributed by atoms with Gasteiger partial charge in [0.1, 0.15) is 0 Å². The topological polar surface area (TPSA) is 35.8 Å². The van der Waals surface area contributed by atoms with E-state index in [0.29, 0.717) is 12.1 Å². The van der Waals surface area contributed by atoms with Gasteiger partial charge in [0.25, 0.3) is 0 Å². The monoisotopic (exact) mass is 214 g/mol. The molecule has 1 saturated carbocycles. The Labute approximate surface area is 97.3 Å². The number of nitriles is 1. The summed E-state index contributed by atoms with van der Waals surface area (Å²) >= 11 is 0. The highest BCUT2D eigenvalue weighted by atomic mass is 15.0. The van der Waals surface area contributed by atoms with Gasteiger partial charge < -0.3 is 5.32 Å². The van der Waals surface area contributed by atoms with Gasteiger partial charge in [0.15, 0.2) is 0 Å². The Morgan fingerprint density at radius 2 is 1.88 bits per heavy atom. The Hall–Kier alpha value is -1.33. The highest BCUT2D eigenvalue weighted by Gasteiger charge is 2.28. The van der Waals surface area contributed by atoms with Gasteiger partial charge >= 0.3 is 0 Å². The molecule has 2 atom stereocenters. The minimum Gasteiger partial charge on any atom is -0.307 e. The number of hydrogen-bond acceptors (Lipinski definition) is 2. The van der Waals surface area contributed by atoms with Gasteiger partial charge in [0.2, 0.25) is 0 Å². The summed E-state index contributed by atoms with van der Waals surface area (Å²) in [5.74, 6) is 0.876. The second kappa shape index (κ2) is 4.67. The quantitative estimate of drug-likeness (QED) is 0.836. The van der Waals surface area contributed by atoms with Gasteiger partial charge in [-0.25, -0.2) is 0 Å². The maximum absolute atomic E-state index is 8.73. The first kappa shape index (κ1) is 11.2. The second-order valence-corrected chi connectivity index (χ2v) is 4.75. The van der Waals surface area contributed by atoms with Crippen molar-refractivity contribution in [2.75, 3.05) is 0 Å². The van der Waals surface area contributed by atoms with E-state index >= 15 is 0 Å². The summed E-state index contributed by atoms with van der Waals surface area (Å²) < 4.78 is 0. The summed E-state index contributed by atoms with van der Waals surface area (Å²) in [6.45, 7) is 4.44. The zero-order valence-electron chi connectivity index (χ0n) is 9.90. The second-order valence-electron chi connectivity index (χ2n) is 4.75. The van der Waals surface area contributed by atoms with Crippen LogP contribution in [0.4, 0.5) is 0 Å². The van der Waals surface area contributed by atoms with Crippen molar-refractivity contribution in [3.8, 4) is 6.07 Å². The molecule has 0 heterocycles. The standard InChI is InChI=1S/C14H18N2/c1-10(16-11(2)14-7-8-14)13-5-3-12(9-15)4-6-13/h3-6,10-11,14,16H,7-8H2,1-2H3.